The maximum atomic E-state index is 13.0. The number of rotatable bonds is 2. The molecule has 1 unspecified atom stereocenters. The third-order valence-electron chi connectivity index (χ3n) is 3.32. The molecule has 3 rings (SSSR count). The maximum Gasteiger partial charge on any atom is 0.262 e. The Labute approximate surface area is 126 Å². The van der Waals surface area contributed by atoms with Crippen LogP contribution in [0, 0.1) is 5.82 Å². The van der Waals surface area contributed by atoms with E-state index >= 15 is 0 Å². The van der Waals surface area contributed by atoms with Crippen molar-refractivity contribution < 1.29 is 13.9 Å². The lowest BCUT2D eigenvalue weighted by Crippen LogP contribution is -2.46. The fraction of sp³-hybridized carbons (Fsp3) is 0.133. The third-order valence-corrected chi connectivity index (χ3v) is 3.68. The predicted octanol–water partition coefficient (Wildman–Crippen LogP) is 3.12. The summed E-state index contributed by atoms with van der Waals surface area (Å²) in [4.78, 5) is 14.1. The number of hydrogen-bond donors (Lipinski definition) is 2. The Balaban J connectivity index is 2.05. The van der Waals surface area contributed by atoms with Gasteiger partial charge in [0.15, 0.2) is 5.50 Å². The van der Waals surface area contributed by atoms with Gasteiger partial charge in [-0.2, -0.15) is 0 Å². The molecule has 0 saturated heterocycles. The molecule has 1 aliphatic rings. The van der Waals surface area contributed by atoms with Gasteiger partial charge in [-0.1, -0.05) is 6.07 Å². The standard InChI is InChI=1S/C15H13FN2O2S/c1-20-12-4-2-3-11-13(12)17-15(21)18(14(11)19)10-7-5-9(16)6-8-10/h2-8,15,17,21H,1H3. The van der Waals surface area contributed by atoms with E-state index < -0.39 is 5.50 Å². The second-order valence-electron chi connectivity index (χ2n) is 4.55. The van der Waals surface area contributed by atoms with E-state index in [2.05, 4.69) is 17.9 Å². The number of methoxy groups -OCH3 is 1. The first-order valence-corrected chi connectivity index (χ1v) is 6.84. The van der Waals surface area contributed by atoms with Crippen molar-refractivity contribution in [2.75, 3.05) is 17.3 Å². The fourth-order valence-electron chi connectivity index (χ4n) is 2.32. The van der Waals surface area contributed by atoms with E-state index in [-0.39, 0.29) is 11.7 Å². The molecule has 1 aliphatic heterocycles. The summed E-state index contributed by atoms with van der Waals surface area (Å²) in [6.45, 7) is 0. The van der Waals surface area contributed by atoms with Crippen LogP contribution in [0.3, 0.4) is 0 Å². The Kier molecular flexibility index (Phi) is 3.47. The van der Waals surface area contributed by atoms with Crippen molar-refractivity contribution in [2.45, 2.75) is 5.50 Å². The number of ether oxygens (including phenoxy) is 1. The van der Waals surface area contributed by atoms with Crippen LogP contribution >= 0.6 is 12.6 Å². The first-order chi connectivity index (χ1) is 10.1. The van der Waals surface area contributed by atoms with Crippen LogP contribution in [0.5, 0.6) is 5.75 Å². The van der Waals surface area contributed by atoms with Crippen LogP contribution < -0.4 is 15.0 Å². The van der Waals surface area contributed by atoms with Gasteiger partial charge < -0.3 is 10.1 Å². The molecule has 108 valence electrons. The van der Waals surface area contributed by atoms with Gasteiger partial charge in [-0.15, -0.1) is 12.6 Å². The number of thiol groups is 1. The monoisotopic (exact) mass is 304 g/mol. The number of hydrogen-bond acceptors (Lipinski definition) is 4. The molecule has 0 aromatic heterocycles. The van der Waals surface area contributed by atoms with E-state index in [0.29, 0.717) is 22.7 Å². The van der Waals surface area contributed by atoms with Crippen LogP contribution in [0.2, 0.25) is 0 Å². The Morgan fingerprint density at radius 1 is 1.24 bits per heavy atom. The van der Waals surface area contributed by atoms with Crippen LogP contribution in [0.4, 0.5) is 15.8 Å². The Bertz CT molecular complexity index is 691. The number of fused-ring (bicyclic) bond motifs is 1. The van der Waals surface area contributed by atoms with Crippen LogP contribution in [0.1, 0.15) is 10.4 Å². The van der Waals surface area contributed by atoms with E-state index in [1.165, 1.54) is 17.0 Å². The first-order valence-electron chi connectivity index (χ1n) is 6.32. The predicted molar refractivity (Wildman–Crippen MR) is 82.6 cm³/mol. The zero-order valence-corrected chi connectivity index (χ0v) is 12.1. The lowest BCUT2D eigenvalue weighted by molar-refractivity contribution is 0.0983. The Morgan fingerprint density at radius 2 is 1.95 bits per heavy atom. The molecule has 2 aromatic rings. The molecule has 0 radical (unpaired) electrons. The second-order valence-corrected chi connectivity index (χ2v) is 5.04. The number of benzene rings is 2. The largest absolute Gasteiger partial charge is 0.495 e. The van der Waals surface area contributed by atoms with Gasteiger partial charge in [0.1, 0.15) is 11.6 Å². The van der Waals surface area contributed by atoms with Gasteiger partial charge in [-0.05, 0) is 36.4 Å². The molecule has 21 heavy (non-hydrogen) atoms. The lowest BCUT2D eigenvalue weighted by atomic mass is 10.1. The topological polar surface area (TPSA) is 41.6 Å². The molecular weight excluding hydrogens is 291 g/mol. The molecule has 0 aliphatic carbocycles. The van der Waals surface area contributed by atoms with Gasteiger partial charge in [0.05, 0.1) is 18.4 Å². The normalized spacial score (nSPS) is 17.2. The van der Waals surface area contributed by atoms with Gasteiger partial charge in [-0.25, -0.2) is 4.39 Å². The van der Waals surface area contributed by atoms with Crippen molar-refractivity contribution in [1.82, 2.24) is 0 Å². The molecule has 0 spiro atoms. The molecule has 1 atom stereocenters. The molecule has 1 heterocycles. The summed E-state index contributed by atoms with van der Waals surface area (Å²) in [6, 6.07) is 10.9. The molecule has 0 bridgehead atoms. The highest BCUT2D eigenvalue weighted by Crippen LogP contribution is 2.36. The minimum absolute atomic E-state index is 0.214. The smallest absolute Gasteiger partial charge is 0.262 e. The molecule has 0 saturated carbocycles. The van der Waals surface area contributed by atoms with Crippen LogP contribution in [0.25, 0.3) is 0 Å². The quantitative estimate of drug-likeness (QED) is 0.838. The van der Waals surface area contributed by atoms with Gasteiger partial charge in [0.25, 0.3) is 5.91 Å². The van der Waals surface area contributed by atoms with Crippen LogP contribution in [-0.2, 0) is 0 Å². The molecule has 6 heteroatoms. The van der Waals surface area contributed by atoms with Crippen LogP contribution in [0.15, 0.2) is 42.5 Å². The molecular formula is C15H13FN2O2S. The second kappa shape index (κ2) is 5.29. The highest BCUT2D eigenvalue weighted by molar-refractivity contribution is 7.81. The molecule has 0 fully saturated rings. The van der Waals surface area contributed by atoms with Gasteiger partial charge >= 0.3 is 0 Å². The Hall–Kier alpha value is -2.21. The number of amides is 1. The number of anilines is 2. The number of carbonyl (C=O) groups is 1. The van der Waals surface area contributed by atoms with E-state index in [0.717, 1.165) is 0 Å². The average molecular weight is 304 g/mol. The zero-order chi connectivity index (χ0) is 15.0. The van der Waals surface area contributed by atoms with Gasteiger partial charge in [0, 0.05) is 5.69 Å². The molecule has 2 aromatic carbocycles. The molecule has 1 N–H and O–H groups in total. The minimum Gasteiger partial charge on any atom is -0.495 e. The number of carbonyl (C=O) groups excluding carboxylic acids is 1. The van der Waals surface area contributed by atoms with E-state index in [1.54, 1.807) is 37.4 Å². The highest BCUT2D eigenvalue weighted by atomic mass is 32.1. The summed E-state index contributed by atoms with van der Waals surface area (Å²) in [5.74, 6) is 0.0156. The van der Waals surface area contributed by atoms with Crippen molar-refractivity contribution in [3.05, 3.63) is 53.8 Å². The molecule has 1 amide bonds. The van der Waals surface area contributed by atoms with E-state index in [1.807, 2.05) is 0 Å². The summed E-state index contributed by atoms with van der Waals surface area (Å²) in [5.41, 5.74) is 1.11. The van der Waals surface area contributed by atoms with Crippen LogP contribution in [-0.4, -0.2) is 18.5 Å². The summed E-state index contributed by atoms with van der Waals surface area (Å²) < 4.78 is 18.3. The van der Waals surface area contributed by atoms with Gasteiger partial charge in [-0.3, -0.25) is 9.69 Å². The first kappa shape index (κ1) is 13.8. The third kappa shape index (κ3) is 2.31. The fourth-order valence-corrected chi connectivity index (χ4v) is 2.69. The van der Waals surface area contributed by atoms with Crippen molar-refractivity contribution in [2.24, 2.45) is 0 Å². The number of para-hydroxylation sites is 1. The summed E-state index contributed by atoms with van der Waals surface area (Å²) >= 11 is 4.41. The SMILES string of the molecule is COc1cccc2c1NC(S)N(c1ccc(F)cc1)C2=O. The molecule has 4 nitrogen and oxygen atoms in total. The average Bonchev–Trinajstić information content (AvgIpc) is 2.48. The van der Waals surface area contributed by atoms with E-state index in [9.17, 15) is 9.18 Å². The van der Waals surface area contributed by atoms with E-state index in [4.69, 9.17) is 4.74 Å². The van der Waals surface area contributed by atoms with Crippen molar-refractivity contribution in [3.63, 3.8) is 0 Å². The van der Waals surface area contributed by atoms with Crippen molar-refractivity contribution in [3.8, 4) is 5.75 Å². The Morgan fingerprint density at radius 3 is 2.62 bits per heavy atom. The van der Waals surface area contributed by atoms with Crippen molar-refractivity contribution in [1.29, 1.82) is 0 Å². The maximum absolute atomic E-state index is 13.0. The lowest BCUT2D eigenvalue weighted by Gasteiger charge is -2.35. The number of nitrogens with zero attached hydrogens (tertiary/aromatic N) is 1. The summed E-state index contributed by atoms with van der Waals surface area (Å²) in [6.07, 6.45) is 0. The minimum atomic E-state index is -0.563. The summed E-state index contributed by atoms with van der Waals surface area (Å²) in [7, 11) is 1.54. The summed E-state index contributed by atoms with van der Waals surface area (Å²) in [5, 5.41) is 3.12. The number of nitrogens with one attached hydrogen (secondary N) is 1. The van der Waals surface area contributed by atoms with Gasteiger partial charge in [0.2, 0.25) is 0 Å². The number of halogens is 1. The van der Waals surface area contributed by atoms with Crippen molar-refractivity contribution >= 4 is 29.9 Å². The zero-order valence-electron chi connectivity index (χ0n) is 11.2. The highest BCUT2D eigenvalue weighted by Gasteiger charge is 2.32.